The van der Waals surface area contributed by atoms with Gasteiger partial charge in [0.05, 0.1) is 10.7 Å². The molecule has 186 valence electrons. The van der Waals surface area contributed by atoms with Crippen LogP contribution in [0.1, 0.15) is 29.7 Å². The summed E-state index contributed by atoms with van der Waals surface area (Å²) >= 11 is 6.71. The Morgan fingerprint density at radius 1 is 1.16 bits per heavy atom. The van der Waals surface area contributed by atoms with E-state index in [2.05, 4.69) is 27.8 Å². The number of hydrogen-bond acceptors (Lipinski definition) is 5. The SMILES string of the molecule is C=CC(=O)N1CCN(c2nnc([C@@H](C)c3ccccc3)c3cc(C4=C(O)C=[C+]C=C4F)c(Cl)cc23)CC1. The average Bonchev–Trinajstić information content (AvgIpc) is 2.92. The second kappa shape index (κ2) is 10.1. The van der Waals surface area contributed by atoms with Crippen LogP contribution in [0.5, 0.6) is 0 Å². The topological polar surface area (TPSA) is 69.6 Å². The standard InChI is InChI=1S/C29H24ClFN4O2/c1-3-26(37)34-12-14-35(15-13-34)29-21-17-23(30)22(27-24(31)10-7-11-25(27)36)16-20(21)28(32-33-29)18(2)19-8-5-4-6-9-19/h3-6,8-11,16-18H,1,12-15H2,2H3/p+1/t18-/m0/s1. The molecule has 0 spiro atoms. The van der Waals surface area contributed by atoms with Gasteiger partial charge in [0, 0.05) is 54.5 Å². The van der Waals surface area contributed by atoms with Gasteiger partial charge in [-0.05, 0) is 23.8 Å². The Kier molecular flexibility index (Phi) is 6.74. The van der Waals surface area contributed by atoms with Crippen LogP contribution in [-0.2, 0) is 4.79 Å². The summed E-state index contributed by atoms with van der Waals surface area (Å²) < 4.78 is 14.8. The van der Waals surface area contributed by atoms with Crippen LogP contribution in [0.4, 0.5) is 10.2 Å². The van der Waals surface area contributed by atoms with Crippen LogP contribution in [-0.4, -0.2) is 52.3 Å². The molecule has 37 heavy (non-hydrogen) atoms. The first-order valence-corrected chi connectivity index (χ1v) is 12.4. The summed E-state index contributed by atoms with van der Waals surface area (Å²) in [5.74, 6) is -0.432. The lowest BCUT2D eigenvalue weighted by Gasteiger charge is -2.35. The molecule has 1 fully saturated rings. The van der Waals surface area contributed by atoms with Gasteiger partial charge in [-0.1, -0.05) is 55.4 Å². The molecule has 2 aromatic carbocycles. The Hall–Kier alpha value is -4.06. The van der Waals surface area contributed by atoms with E-state index in [0.717, 1.165) is 16.3 Å². The van der Waals surface area contributed by atoms with Crippen molar-refractivity contribution in [2.75, 3.05) is 31.1 Å². The fraction of sp³-hybridized carbons (Fsp3) is 0.207. The van der Waals surface area contributed by atoms with Crippen molar-refractivity contribution in [3.63, 3.8) is 0 Å². The Balaban J connectivity index is 1.66. The van der Waals surface area contributed by atoms with Gasteiger partial charge in [-0.2, -0.15) is 5.10 Å². The molecule has 6 nitrogen and oxygen atoms in total. The van der Waals surface area contributed by atoms with Crippen LogP contribution in [0.25, 0.3) is 16.3 Å². The van der Waals surface area contributed by atoms with Crippen molar-refractivity contribution in [3.05, 3.63) is 107 Å². The summed E-state index contributed by atoms with van der Waals surface area (Å²) in [5.41, 5.74) is 2.15. The van der Waals surface area contributed by atoms with Crippen molar-refractivity contribution < 1.29 is 14.3 Å². The molecule has 1 saturated heterocycles. The fourth-order valence-corrected chi connectivity index (χ4v) is 5.08. The molecule has 1 N–H and O–H groups in total. The largest absolute Gasteiger partial charge is 0.447 e. The summed E-state index contributed by atoms with van der Waals surface area (Å²) in [4.78, 5) is 15.9. The zero-order chi connectivity index (χ0) is 26.1. The number of halogens is 2. The van der Waals surface area contributed by atoms with Gasteiger partial charge in [-0.3, -0.25) is 4.79 Å². The number of anilines is 1. The van der Waals surface area contributed by atoms with Crippen LogP contribution < -0.4 is 4.90 Å². The molecule has 0 saturated carbocycles. The van der Waals surface area contributed by atoms with Crippen LogP contribution in [0, 0.1) is 6.08 Å². The monoisotopic (exact) mass is 515 g/mol. The lowest BCUT2D eigenvalue weighted by molar-refractivity contribution is -0.126. The van der Waals surface area contributed by atoms with E-state index in [1.165, 1.54) is 18.2 Å². The fourth-order valence-electron chi connectivity index (χ4n) is 4.82. The minimum Gasteiger partial charge on any atom is -0.447 e. The number of rotatable bonds is 5. The summed E-state index contributed by atoms with van der Waals surface area (Å²) in [5, 5.41) is 21.5. The van der Waals surface area contributed by atoms with E-state index in [-0.39, 0.29) is 28.2 Å². The first-order valence-electron chi connectivity index (χ1n) is 12.0. The third kappa shape index (κ3) is 4.59. The molecule has 1 amide bonds. The molecule has 1 aromatic heterocycles. The quantitative estimate of drug-likeness (QED) is 0.345. The number of carbonyl (C=O) groups excluding carboxylic acids is 1. The predicted molar refractivity (Wildman–Crippen MR) is 144 cm³/mol. The first kappa shape index (κ1) is 24.6. The number of carbonyl (C=O) groups is 1. The highest BCUT2D eigenvalue weighted by atomic mass is 35.5. The predicted octanol–water partition coefficient (Wildman–Crippen LogP) is 5.77. The molecule has 5 rings (SSSR count). The second-order valence-electron chi connectivity index (χ2n) is 9.00. The highest BCUT2D eigenvalue weighted by Gasteiger charge is 2.30. The summed E-state index contributed by atoms with van der Waals surface area (Å²) in [6, 6.07) is 13.5. The molecule has 8 heteroatoms. The first-order chi connectivity index (χ1) is 17.9. The van der Waals surface area contributed by atoms with E-state index in [9.17, 15) is 14.3 Å². The summed E-state index contributed by atoms with van der Waals surface area (Å²) in [6.07, 6.45) is 6.39. The van der Waals surface area contributed by atoms with Crippen molar-refractivity contribution in [1.82, 2.24) is 15.1 Å². The maximum absolute atomic E-state index is 14.8. The third-order valence-electron chi connectivity index (χ3n) is 6.85. The molecule has 0 radical (unpaired) electrons. The zero-order valence-corrected chi connectivity index (χ0v) is 21.0. The van der Waals surface area contributed by atoms with E-state index in [1.54, 1.807) is 17.0 Å². The molecule has 0 unspecified atom stereocenters. The molecule has 1 aliphatic heterocycles. The molecule has 3 aromatic rings. The van der Waals surface area contributed by atoms with Crippen LogP contribution >= 0.6 is 11.6 Å². The van der Waals surface area contributed by atoms with Crippen molar-refractivity contribution in [2.45, 2.75) is 12.8 Å². The van der Waals surface area contributed by atoms with Crippen LogP contribution in [0.2, 0.25) is 5.02 Å². The minimum absolute atomic E-state index is 0.0129. The number of allylic oxidation sites excluding steroid dienone is 5. The number of aliphatic hydroxyl groups excluding tert-OH is 1. The summed E-state index contributed by atoms with van der Waals surface area (Å²) in [6.45, 7) is 7.81. The smallest absolute Gasteiger partial charge is 0.252 e. The molecule has 0 bridgehead atoms. The van der Waals surface area contributed by atoms with Crippen molar-refractivity contribution >= 4 is 39.7 Å². The van der Waals surface area contributed by atoms with Crippen molar-refractivity contribution in [1.29, 1.82) is 0 Å². The summed E-state index contributed by atoms with van der Waals surface area (Å²) in [7, 11) is 0. The normalized spacial score (nSPS) is 16.5. The van der Waals surface area contributed by atoms with E-state index in [0.29, 0.717) is 43.3 Å². The van der Waals surface area contributed by atoms with Crippen molar-refractivity contribution in [2.24, 2.45) is 0 Å². The van der Waals surface area contributed by atoms with Gasteiger partial charge in [0.2, 0.25) is 11.7 Å². The number of piperazine rings is 1. The Bertz CT molecular complexity index is 1470. The van der Waals surface area contributed by atoms with Gasteiger partial charge in [-0.25, -0.2) is 0 Å². The number of aliphatic hydroxyl groups is 1. The van der Waals surface area contributed by atoms with E-state index in [1.807, 2.05) is 37.3 Å². The molecule has 2 heterocycles. The Labute approximate surface area is 219 Å². The number of benzene rings is 2. The van der Waals surface area contributed by atoms with Gasteiger partial charge in [0.15, 0.2) is 11.4 Å². The molecule has 2 aliphatic rings. The maximum atomic E-state index is 14.8. The van der Waals surface area contributed by atoms with E-state index < -0.39 is 5.83 Å². The molecular weight excluding hydrogens is 491 g/mol. The van der Waals surface area contributed by atoms with Gasteiger partial charge in [0.25, 0.3) is 5.83 Å². The van der Waals surface area contributed by atoms with Crippen LogP contribution in [0.3, 0.4) is 0 Å². The molecule has 1 atom stereocenters. The number of hydrogen-bond donors (Lipinski definition) is 1. The average molecular weight is 516 g/mol. The highest BCUT2D eigenvalue weighted by molar-refractivity contribution is 6.33. The van der Waals surface area contributed by atoms with Gasteiger partial charge < -0.3 is 14.9 Å². The third-order valence-corrected chi connectivity index (χ3v) is 7.16. The van der Waals surface area contributed by atoms with E-state index in [4.69, 9.17) is 11.6 Å². The number of fused-ring (bicyclic) bond motifs is 1. The lowest BCUT2D eigenvalue weighted by atomic mass is 9.91. The zero-order valence-electron chi connectivity index (χ0n) is 20.3. The lowest BCUT2D eigenvalue weighted by Crippen LogP contribution is -2.48. The maximum Gasteiger partial charge on any atom is 0.252 e. The van der Waals surface area contributed by atoms with Crippen LogP contribution in [0.15, 0.2) is 78.9 Å². The van der Waals surface area contributed by atoms with E-state index >= 15 is 0 Å². The number of aromatic nitrogens is 2. The highest BCUT2D eigenvalue weighted by Crippen LogP contribution is 2.41. The van der Waals surface area contributed by atoms with Gasteiger partial charge in [-0.15, -0.1) is 9.49 Å². The molecular formula is C29H25ClFN4O2+. The van der Waals surface area contributed by atoms with Gasteiger partial charge >= 0.3 is 0 Å². The molecule has 1 aliphatic carbocycles. The number of amides is 1. The second-order valence-corrected chi connectivity index (χ2v) is 9.41. The minimum atomic E-state index is -0.621. The Morgan fingerprint density at radius 2 is 1.89 bits per heavy atom. The van der Waals surface area contributed by atoms with Crippen molar-refractivity contribution in [3.8, 4) is 0 Å². The van der Waals surface area contributed by atoms with Gasteiger partial charge in [0.1, 0.15) is 12.2 Å². The number of nitrogens with zero attached hydrogens (tertiary/aromatic N) is 4. The Morgan fingerprint density at radius 3 is 2.57 bits per heavy atom.